The van der Waals surface area contributed by atoms with Crippen LogP contribution in [0.1, 0.15) is 52.0 Å². The fraction of sp³-hybridized carbons (Fsp3) is 0.385. The summed E-state index contributed by atoms with van der Waals surface area (Å²) in [6.07, 6.45) is 12.7. The number of amides is 1. The van der Waals surface area contributed by atoms with Crippen LogP contribution < -0.4 is 0 Å². The standard InChI is InChI=1S/C26H30ClN3O/c1-5-21(27)13-10-18(2)26(15-14-24(31)30-19(3)11-12-20(30)4)23-9-7-6-8-22(23)25-28-16-17-29(25)26/h5-10,13,16-17,19-20H,2,11-12,14-15H2,1,3-4H3/b13-10-,21-5+. The Morgan fingerprint density at radius 2 is 1.97 bits per heavy atom. The van der Waals surface area contributed by atoms with Crippen molar-refractivity contribution in [1.82, 2.24) is 14.5 Å². The number of carbonyl (C=O) groups is 1. The fourth-order valence-corrected chi connectivity index (χ4v) is 5.30. The summed E-state index contributed by atoms with van der Waals surface area (Å²) in [5, 5.41) is 0.657. The van der Waals surface area contributed by atoms with Gasteiger partial charge in [0.1, 0.15) is 5.82 Å². The van der Waals surface area contributed by atoms with Gasteiger partial charge in [-0.2, -0.15) is 0 Å². The van der Waals surface area contributed by atoms with E-state index in [4.69, 9.17) is 11.6 Å². The molecule has 5 heteroatoms. The molecule has 31 heavy (non-hydrogen) atoms. The first-order valence-corrected chi connectivity index (χ1v) is 11.4. The molecule has 0 N–H and O–H groups in total. The van der Waals surface area contributed by atoms with Crippen LogP contribution in [0.4, 0.5) is 0 Å². The van der Waals surface area contributed by atoms with Gasteiger partial charge in [0.15, 0.2) is 0 Å². The number of carbonyl (C=O) groups excluding carboxylic acids is 1. The minimum Gasteiger partial charge on any atom is -0.337 e. The van der Waals surface area contributed by atoms with Crippen molar-refractivity contribution in [3.63, 3.8) is 0 Å². The third-order valence-corrected chi connectivity index (χ3v) is 7.20. The van der Waals surface area contributed by atoms with Gasteiger partial charge < -0.3 is 9.47 Å². The second kappa shape index (κ2) is 8.51. The van der Waals surface area contributed by atoms with Crippen molar-refractivity contribution in [3.8, 4) is 11.4 Å². The van der Waals surface area contributed by atoms with Crippen LogP contribution in [0.15, 0.2) is 72.1 Å². The van der Waals surface area contributed by atoms with E-state index in [0.717, 1.165) is 35.4 Å². The monoisotopic (exact) mass is 435 g/mol. The molecule has 4 nitrogen and oxygen atoms in total. The summed E-state index contributed by atoms with van der Waals surface area (Å²) in [5.74, 6) is 1.13. The number of allylic oxidation sites excluding steroid dienone is 5. The zero-order valence-corrected chi connectivity index (χ0v) is 19.3. The van der Waals surface area contributed by atoms with Gasteiger partial charge in [0.25, 0.3) is 0 Å². The lowest BCUT2D eigenvalue weighted by atomic mass is 9.79. The van der Waals surface area contributed by atoms with Crippen LogP contribution >= 0.6 is 11.6 Å². The van der Waals surface area contributed by atoms with E-state index >= 15 is 0 Å². The molecule has 162 valence electrons. The number of rotatable bonds is 6. The number of halogens is 1. The van der Waals surface area contributed by atoms with E-state index in [2.05, 4.69) is 47.0 Å². The van der Waals surface area contributed by atoms with Crippen molar-refractivity contribution in [3.05, 3.63) is 77.6 Å². The average molecular weight is 436 g/mol. The molecule has 1 amide bonds. The molecule has 2 aliphatic rings. The number of likely N-dealkylation sites (tertiary alicyclic amines) is 1. The van der Waals surface area contributed by atoms with Crippen LogP contribution in [0.3, 0.4) is 0 Å². The number of aromatic nitrogens is 2. The van der Waals surface area contributed by atoms with Crippen molar-refractivity contribution < 1.29 is 4.79 Å². The second-order valence-corrected chi connectivity index (χ2v) is 9.07. The Labute approximate surface area is 189 Å². The predicted octanol–water partition coefficient (Wildman–Crippen LogP) is 6.04. The third-order valence-electron chi connectivity index (χ3n) is 6.86. The molecular formula is C26H30ClN3O. The van der Waals surface area contributed by atoms with E-state index < -0.39 is 5.54 Å². The van der Waals surface area contributed by atoms with Gasteiger partial charge >= 0.3 is 0 Å². The highest BCUT2D eigenvalue weighted by Crippen LogP contribution is 2.49. The summed E-state index contributed by atoms with van der Waals surface area (Å²) in [5.41, 5.74) is 2.56. The van der Waals surface area contributed by atoms with Gasteiger partial charge in [-0.1, -0.05) is 54.6 Å². The first-order valence-electron chi connectivity index (χ1n) is 11.0. The lowest BCUT2D eigenvalue weighted by Crippen LogP contribution is -2.40. The van der Waals surface area contributed by atoms with Gasteiger partial charge in [-0.25, -0.2) is 4.98 Å². The van der Waals surface area contributed by atoms with Crippen LogP contribution in [0, 0.1) is 0 Å². The van der Waals surface area contributed by atoms with Crippen LogP contribution in [0.5, 0.6) is 0 Å². The molecule has 0 aliphatic carbocycles. The minimum atomic E-state index is -0.564. The molecule has 1 saturated heterocycles. The molecule has 0 saturated carbocycles. The molecule has 0 spiro atoms. The maximum absolute atomic E-state index is 13.3. The molecular weight excluding hydrogens is 406 g/mol. The molecule has 3 unspecified atom stereocenters. The van der Waals surface area contributed by atoms with Gasteiger partial charge in [0.2, 0.25) is 5.91 Å². The summed E-state index contributed by atoms with van der Waals surface area (Å²) in [6, 6.07) is 8.90. The number of benzene rings is 1. The lowest BCUT2D eigenvalue weighted by molar-refractivity contribution is -0.133. The number of hydrogen-bond acceptors (Lipinski definition) is 2. The number of hydrogen-bond donors (Lipinski definition) is 0. The molecule has 1 aromatic carbocycles. The Bertz CT molecular complexity index is 1060. The van der Waals surface area contributed by atoms with Crippen molar-refractivity contribution >= 4 is 17.5 Å². The normalized spacial score (nSPS) is 25.2. The Kier molecular flexibility index (Phi) is 5.94. The summed E-state index contributed by atoms with van der Waals surface area (Å²) in [6.45, 7) is 10.7. The van der Waals surface area contributed by atoms with Crippen LogP contribution in [-0.2, 0) is 10.3 Å². The summed E-state index contributed by atoms with van der Waals surface area (Å²) < 4.78 is 2.18. The van der Waals surface area contributed by atoms with E-state index in [1.807, 2.05) is 49.7 Å². The van der Waals surface area contributed by atoms with E-state index in [0.29, 0.717) is 30.0 Å². The smallest absolute Gasteiger partial charge is 0.223 e. The fourth-order valence-electron chi connectivity index (χ4n) is 5.24. The maximum Gasteiger partial charge on any atom is 0.223 e. The highest BCUT2D eigenvalue weighted by atomic mass is 35.5. The SMILES string of the molecule is C=C(/C=C\C(Cl)=C/C)C1(CCC(=O)N2C(C)CCC2C)c2ccccc2-c2nccn21. The van der Waals surface area contributed by atoms with Gasteiger partial charge in [0, 0.05) is 41.5 Å². The highest BCUT2D eigenvalue weighted by molar-refractivity contribution is 6.31. The number of imidazole rings is 1. The van der Waals surface area contributed by atoms with Gasteiger partial charge in [0.05, 0.1) is 5.54 Å². The quantitative estimate of drug-likeness (QED) is 0.518. The topological polar surface area (TPSA) is 38.1 Å². The molecule has 3 atom stereocenters. The number of nitrogens with zero attached hydrogens (tertiary/aromatic N) is 3. The second-order valence-electron chi connectivity index (χ2n) is 8.64. The molecule has 2 aromatic rings. The first kappa shape index (κ1) is 21.6. The van der Waals surface area contributed by atoms with E-state index in [1.165, 1.54) is 0 Å². The molecule has 4 rings (SSSR count). The van der Waals surface area contributed by atoms with E-state index in [1.54, 1.807) is 0 Å². The van der Waals surface area contributed by atoms with Crippen molar-refractivity contribution in [2.24, 2.45) is 0 Å². The lowest BCUT2D eigenvalue weighted by Gasteiger charge is -2.35. The minimum absolute atomic E-state index is 0.214. The summed E-state index contributed by atoms with van der Waals surface area (Å²) in [4.78, 5) is 20.0. The predicted molar refractivity (Wildman–Crippen MR) is 127 cm³/mol. The largest absolute Gasteiger partial charge is 0.337 e. The van der Waals surface area contributed by atoms with E-state index in [-0.39, 0.29) is 5.91 Å². The van der Waals surface area contributed by atoms with Crippen LogP contribution in [0.25, 0.3) is 11.4 Å². The van der Waals surface area contributed by atoms with Crippen LogP contribution in [0.2, 0.25) is 0 Å². The third kappa shape index (κ3) is 3.57. The highest BCUT2D eigenvalue weighted by Gasteiger charge is 2.45. The van der Waals surface area contributed by atoms with Crippen molar-refractivity contribution in [2.45, 2.75) is 64.1 Å². The molecule has 2 aliphatic heterocycles. The molecule has 1 fully saturated rings. The molecule has 0 radical (unpaired) electrons. The van der Waals surface area contributed by atoms with Gasteiger partial charge in [-0.3, -0.25) is 4.79 Å². The van der Waals surface area contributed by atoms with Gasteiger partial charge in [-0.15, -0.1) is 0 Å². The Balaban J connectivity index is 1.74. The van der Waals surface area contributed by atoms with Crippen LogP contribution in [-0.4, -0.2) is 32.4 Å². The van der Waals surface area contributed by atoms with E-state index in [9.17, 15) is 4.79 Å². The van der Waals surface area contributed by atoms with Crippen molar-refractivity contribution in [1.29, 1.82) is 0 Å². The molecule has 3 heterocycles. The molecule has 1 aromatic heterocycles. The maximum atomic E-state index is 13.3. The number of fused-ring (bicyclic) bond motifs is 3. The Hall–Kier alpha value is -2.59. The zero-order valence-electron chi connectivity index (χ0n) is 18.5. The summed E-state index contributed by atoms with van der Waals surface area (Å²) >= 11 is 6.24. The zero-order chi connectivity index (χ0) is 22.2. The average Bonchev–Trinajstić information content (AvgIpc) is 3.45. The molecule has 0 bridgehead atoms. The van der Waals surface area contributed by atoms with Gasteiger partial charge in [-0.05, 0) is 57.2 Å². The Morgan fingerprint density at radius 1 is 1.26 bits per heavy atom. The Morgan fingerprint density at radius 3 is 2.68 bits per heavy atom. The summed E-state index contributed by atoms with van der Waals surface area (Å²) in [7, 11) is 0. The first-order chi connectivity index (χ1) is 14.9. The van der Waals surface area contributed by atoms with Crippen molar-refractivity contribution in [2.75, 3.05) is 0 Å².